The molecular formula is C16H21NO4. The van der Waals surface area contributed by atoms with Crippen LogP contribution in [0.3, 0.4) is 0 Å². The number of hydrogen-bond acceptors (Lipinski definition) is 4. The van der Waals surface area contributed by atoms with Crippen LogP contribution < -0.4 is 4.74 Å². The van der Waals surface area contributed by atoms with Gasteiger partial charge in [-0.25, -0.2) is 0 Å². The van der Waals surface area contributed by atoms with Gasteiger partial charge in [0.05, 0.1) is 19.3 Å². The molecule has 21 heavy (non-hydrogen) atoms. The molecule has 1 aromatic carbocycles. The Hall–Kier alpha value is -1.88. The van der Waals surface area contributed by atoms with Gasteiger partial charge in [-0.2, -0.15) is 0 Å². The molecule has 0 spiro atoms. The molecule has 1 heterocycles. The van der Waals surface area contributed by atoms with Crippen LogP contribution in [0.4, 0.5) is 0 Å². The smallest absolute Gasteiger partial charge is 0.229 e. The number of imide groups is 1. The van der Waals surface area contributed by atoms with E-state index in [1.807, 2.05) is 6.92 Å². The Morgan fingerprint density at radius 3 is 2.52 bits per heavy atom. The van der Waals surface area contributed by atoms with Crippen molar-refractivity contribution in [2.24, 2.45) is 0 Å². The highest BCUT2D eigenvalue weighted by atomic mass is 16.5. The molecule has 5 nitrogen and oxygen atoms in total. The second-order valence-corrected chi connectivity index (χ2v) is 5.20. The molecule has 1 aliphatic heterocycles. The lowest BCUT2D eigenvalue weighted by Gasteiger charge is -2.26. The highest BCUT2D eigenvalue weighted by Crippen LogP contribution is 2.26. The molecule has 2 amide bonds. The zero-order valence-electron chi connectivity index (χ0n) is 12.5. The Labute approximate surface area is 124 Å². The van der Waals surface area contributed by atoms with Gasteiger partial charge in [0.2, 0.25) is 11.8 Å². The predicted molar refractivity (Wildman–Crippen MR) is 77.7 cm³/mol. The molecule has 1 atom stereocenters. The molecule has 114 valence electrons. The van der Waals surface area contributed by atoms with Gasteiger partial charge in [-0.15, -0.1) is 0 Å². The first-order valence-electron chi connectivity index (χ1n) is 7.29. The van der Waals surface area contributed by atoms with Crippen molar-refractivity contribution in [3.05, 3.63) is 29.3 Å². The van der Waals surface area contributed by atoms with Crippen molar-refractivity contribution >= 4 is 11.8 Å². The maximum absolute atomic E-state index is 11.9. The molecule has 0 aromatic heterocycles. The summed E-state index contributed by atoms with van der Waals surface area (Å²) in [6.07, 6.45) is 0.838. The summed E-state index contributed by atoms with van der Waals surface area (Å²) in [4.78, 5) is 25.1. The van der Waals surface area contributed by atoms with Crippen LogP contribution in [0.25, 0.3) is 0 Å². The van der Waals surface area contributed by atoms with Crippen LogP contribution in [0.5, 0.6) is 5.75 Å². The zero-order chi connectivity index (χ0) is 15.4. The largest absolute Gasteiger partial charge is 0.494 e. The normalized spacial score (nSPS) is 17.0. The fourth-order valence-corrected chi connectivity index (χ4v) is 2.43. The van der Waals surface area contributed by atoms with Gasteiger partial charge in [-0.3, -0.25) is 14.5 Å². The Balaban J connectivity index is 2.29. The lowest BCUT2D eigenvalue weighted by atomic mass is 10.0. The quantitative estimate of drug-likeness (QED) is 0.844. The molecule has 1 N–H and O–H groups in total. The van der Waals surface area contributed by atoms with Crippen molar-refractivity contribution in [1.82, 2.24) is 4.90 Å². The first-order chi connectivity index (χ1) is 10.0. The molecular weight excluding hydrogens is 270 g/mol. The number of aliphatic hydroxyl groups excluding tert-OH is 1. The van der Waals surface area contributed by atoms with Crippen molar-refractivity contribution in [1.29, 1.82) is 0 Å². The second kappa shape index (κ2) is 6.72. The summed E-state index contributed by atoms with van der Waals surface area (Å²) >= 11 is 0. The number of piperidine rings is 1. The van der Waals surface area contributed by atoms with Crippen LogP contribution in [-0.2, 0) is 16.1 Å². The Bertz CT molecular complexity index is 523. The molecule has 0 aliphatic carbocycles. The van der Waals surface area contributed by atoms with Crippen molar-refractivity contribution in [2.45, 2.75) is 45.8 Å². The number of amides is 2. The minimum atomic E-state index is -0.604. The van der Waals surface area contributed by atoms with E-state index in [9.17, 15) is 14.7 Å². The highest BCUT2D eigenvalue weighted by molar-refractivity contribution is 5.97. The van der Waals surface area contributed by atoms with E-state index in [1.54, 1.807) is 25.1 Å². The van der Waals surface area contributed by atoms with Gasteiger partial charge in [0.1, 0.15) is 5.75 Å². The molecule has 0 radical (unpaired) electrons. The van der Waals surface area contributed by atoms with E-state index in [4.69, 9.17) is 4.74 Å². The minimum Gasteiger partial charge on any atom is -0.494 e. The second-order valence-electron chi connectivity index (χ2n) is 5.20. The van der Waals surface area contributed by atoms with Crippen molar-refractivity contribution < 1.29 is 19.4 Å². The fourth-order valence-electron chi connectivity index (χ4n) is 2.43. The van der Waals surface area contributed by atoms with E-state index in [0.717, 1.165) is 11.1 Å². The molecule has 5 heteroatoms. The summed E-state index contributed by atoms with van der Waals surface area (Å²) in [7, 11) is 0. The van der Waals surface area contributed by atoms with Crippen LogP contribution in [0.1, 0.15) is 50.3 Å². The van der Waals surface area contributed by atoms with E-state index < -0.39 is 6.10 Å². The summed E-state index contributed by atoms with van der Waals surface area (Å²) in [5, 5.41) is 9.69. The van der Waals surface area contributed by atoms with E-state index >= 15 is 0 Å². The number of carbonyl (C=O) groups is 2. The Kier molecular flexibility index (Phi) is 4.96. The number of carbonyl (C=O) groups excluding carboxylic acids is 2. The van der Waals surface area contributed by atoms with Crippen LogP contribution in [0.15, 0.2) is 18.2 Å². The third-order valence-corrected chi connectivity index (χ3v) is 3.58. The minimum absolute atomic E-state index is 0.142. The SMILES string of the molecule is CCOc1ccc(C(C)O)cc1CN1C(=O)CCCC1=O. The molecule has 1 fully saturated rings. The average Bonchev–Trinajstić information content (AvgIpc) is 2.44. The molecule has 1 aliphatic rings. The summed E-state index contributed by atoms with van der Waals surface area (Å²) in [5.41, 5.74) is 1.49. The summed E-state index contributed by atoms with van der Waals surface area (Å²) < 4.78 is 5.55. The average molecular weight is 291 g/mol. The number of hydrogen-bond donors (Lipinski definition) is 1. The van der Waals surface area contributed by atoms with Crippen LogP contribution in [0, 0.1) is 0 Å². The summed E-state index contributed by atoms with van der Waals surface area (Å²) in [6.45, 7) is 4.26. The zero-order valence-corrected chi connectivity index (χ0v) is 12.5. The summed E-state index contributed by atoms with van der Waals surface area (Å²) in [5.74, 6) is 0.361. The molecule has 0 bridgehead atoms. The van der Waals surface area contributed by atoms with Crippen molar-refractivity contribution in [3.8, 4) is 5.75 Å². The van der Waals surface area contributed by atoms with Crippen LogP contribution in [-0.4, -0.2) is 28.4 Å². The topological polar surface area (TPSA) is 66.8 Å². The standard InChI is InChI=1S/C16H21NO4/c1-3-21-14-8-7-12(11(2)18)9-13(14)10-17-15(19)5-4-6-16(17)20/h7-9,11,18H,3-6,10H2,1-2H3. The Morgan fingerprint density at radius 2 is 1.95 bits per heavy atom. The molecule has 1 aromatic rings. The molecule has 1 unspecified atom stereocenters. The highest BCUT2D eigenvalue weighted by Gasteiger charge is 2.26. The number of aliphatic hydroxyl groups is 1. The maximum atomic E-state index is 11.9. The number of benzene rings is 1. The van der Waals surface area contributed by atoms with Crippen LogP contribution >= 0.6 is 0 Å². The van der Waals surface area contributed by atoms with E-state index in [1.165, 1.54) is 4.90 Å². The van der Waals surface area contributed by atoms with Gasteiger partial charge in [-0.1, -0.05) is 6.07 Å². The number of likely N-dealkylation sites (tertiary alicyclic amines) is 1. The van der Waals surface area contributed by atoms with Crippen molar-refractivity contribution in [3.63, 3.8) is 0 Å². The third kappa shape index (κ3) is 3.61. The third-order valence-electron chi connectivity index (χ3n) is 3.58. The van der Waals surface area contributed by atoms with Gasteiger partial charge in [0, 0.05) is 18.4 Å². The van der Waals surface area contributed by atoms with E-state index in [-0.39, 0.29) is 18.4 Å². The van der Waals surface area contributed by atoms with Gasteiger partial charge in [0.25, 0.3) is 0 Å². The van der Waals surface area contributed by atoms with Gasteiger partial charge < -0.3 is 9.84 Å². The molecule has 2 rings (SSSR count). The maximum Gasteiger partial charge on any atom is 0.229 e. The lowest BCUT2D eigenvalue weighted by molar-refractivity contribution is -0.148. The monoisotopic (exact) mass is 291 g/mol. The Morgan fingerprint density at radius 1 is 1.29 bits per heavy atom. The fraction of sp³-hybridized carbons (Fsp3) is 0.500. The molecule has 0 saturated carbocycles. The summed E-state index contributed by atoms with van der Waals surface area (Å²) in [6, 6.07) is 5.36. The van der Waals surface area contributed by atoms with E-state index in [0.29, 0.717) is 31.6 Å². The first-order valence-corrected chi connectivity index (χ1v) is 7.29. The number of rotatable bonds is 5. The van der Waals surface area contributed by atoms with Crippen LogP contribution in [0.2, 0.25) is 0 Å². The predicted octanol–water partition coefficient (Wildman–Crippen LogP) is 2.18. The number of nitrogens with zero attached hydrogens (tertiary/aromatic N) is 1. The first kappa shape index (κ1) is 15.5. The lowest BCUT2D eigenvalue weighted by Crippen LogP contribution is -2.39. The van der Waals surface area contributed by atoms with Crippen molar-refractivity contribution in [2.75, 3.05) is 6.61 Å². The van der Waals surface area contributed by atoms with E-state index in [2.05, 4.69) is 0 Å². The van der Waals surface area contributed by atoms with Gasteiger partial charge in [-0.05, 0) is 38.0 Å². The molecule has 1 saturated heterocycles. The van der Waals surface area contributed by atoms with Gasteiger partial charge in [0.15, 0.2) is 0 Å². The number of ether oxygens (including phenoxy) is 1. The van der Waals surface area contributed by atoms with Gasteiger partial charge >= 0.3 is 0 Å².